The van der Waals surface area contributed by atoms with Crippen LogP contribution >= 0.6 is 0 Å². The first-order valence-corrected chi connectivity index (χ1v) is 9.83. The zero-order valence-corrected chi connectivity index (χ0v) is 15.9. The van der Waals surface area contributed by atoms with Crippen LogP contribution in [0.2, 0.25) is 0 Å². The summed E-state index contributed by atoms with van der Waals surface area (Å²) in [6.45, 7) is 2.95. The molecule has 0 spiro atoms. The topological polar surface area (TPSA) is 75.4 Å². The number of allylic oxidation sites excluding steroid dienone is 4. The van der Waals surface area contributed by atoms with Gasteiger partial charge in [0.25, 0.3) is 0 Å². The minimum Gasteiger partial charge on any atom is -0.354 e. The van der Waals surface area contributed by atoms with Crippen molar-refractivity contribution in [2.75, 3.05) is 13.1 Å². The zero-order chi connectivity index (χ0) is 19.2. The van der Waals surface area contributed by atoms with Crippen molar-refractivity contribution in [1.29, 1.82) is 0 Å². The van der Waals surface area contributed by atoms with Crippen molar-refractivity contribution in [2.24, 2.45) is 17.6 Å². The van der Waals surface area contributed by atoms with E-state index in [1.165, 1.54) is 0 Å². The van der Waals surface area contributed by atoms with Crippen LogP contribution in [0.1, 0.15) is 37.8 Å². The van der Waals surface area contributed by atoms with Gasteiger partial charge < -0.3 is 16.0 Å². The fourth-order valence-corrected chi connectivity index (χ4v) is 4.15. The Morgan fingerprint density at radius 1 is 1.30 bits per heavy atom. The van der Waals surface area contributed by atoms with E-state index < -0.39 is 12.1 Å². The van der Waals surface area contributed by atoms with E-state index in [0.717, 1.165) is 18.4 Å². The number of amides is 2. The molecule has 1 aromatic rings. The third kappa shape index (κ3) is 4.48. The van der Waals surface area contributed by atoms with Crippen LogP contribution in [0.4, 0.5) is 0 Å². The predicted octanol–water partition coefficient (Wildman–Crippen LogP) is 2.56. The lowest BCUT2D eigenvalue weighted by Crippen LogP contribution is -2.48. The molecule has 3 rings (SSSR count). The van der Waals surface area contributed by atoms with Gasteiger partial charge in [0.05, 0.1) is 6.04 Å². The zero-order valence-electron chi connectivity index (χ0n) is 15.9. The highest BCUT2D eigenvalue weighted by Gasteiger charge is 2.38. The lowest BCUT2D eigenvalue weighted by Gasteiger charge is -2.31. The van der Waals surface area contributed by atoms with Crippen molar-refractivity contribution in [1.82, 2.24) is 10.2 Å². The summed E-state index contributed by atoms with van der Waals surface area (Å²) in [5, 5.41) is 2.88. The predicted molar refractivity (Wildman–Crippen MR) is 107 cm³/mol. The Balaban J connectivity index is 1.85. The SMILES string of the molecule is CCNC(=O)C(c1ccccc1)N1CC[C@H](C2C=CC=CC2)C[C@H](N)C1=O. The average Bonchev–Trinajstić information content (AvgIpc) is 2.84. The van der Waals surface area contributed by atoms with Gasteiger partial charge in [-0.25, -0.2) is 0 Å². The molecule has 0 bridgehead atoms. The number of likely N-dealkylation sites (tertiary alicyclic amines) is 1. The van der Waals surface area contributed by atoms with Crippen molar-refractivity contribution in [3.05, 3.63) is 60.2 Å². The Bertz CT molecular complexity index is 714. The Labute approximate surface area is 161 Å². The maximum absolute atomic E-state index is 13.1. The molecular formula is C22H29N3O2. The Morgan fingerprint density at radius 3 is 2.74 bits per heavy atom. The molecule has 144 valence electrons. The summed E-state index contributed by atoms with van der Waals surface area (Å²) in [4.78, 5) is 27.6. The maximum atomic E-state index is 13.1. The summed E-state index contributed by atoms with van der Waals surface area (Å²) in [7, 11) is 0. The minimum atomic E-state index is -0.634. The molecule has 4 atom stereocenters. The Morgan fingerprint density at radius 2 is 2.07 bits per heavy atom. The first kappa shape index (κ1) is 19.4. The number of benzene rings is 1. The molecule has 1 fully saturated rings. The molecule has 2 unspecified atom stereocenters. The summed E-state index contributed by atoms with van der Waals surface area (Å²) in [5.41, 5.74) is 7.11. The number of nitrogens with one attached hydrogen (secondary N) is 1. The van der Waals surface area contributed by atoms with E-state index in [9.17, 15) is 9.59 Å². The standard InChI is InChI=1S/C22H29N3O2/c1-2-24-21(26)20(17-11-7-4-8-12-17)25-14-13-18(15-19(23)22(25)27)16-9-5-3-6-10-16/h3-9,11-12,16,18-20H,2,10,13-15,23H2,1H3,(H,24,26)/t16?,18-,19-,20?/m0/s1. The summed E-state index contributed by atoms with van der Waals surface area (Å²) in [6, 6.07) is 8.29. The van der Waals surface area contributed by atoms with Crippen LogP contribution < -0.4 is 11.1 Å². The highest BCUT2D eigenvalue weighted by molar-refractivity contribution is 5.90. The van der Waals surface area contributed by atoms with E-state index in [4.69, 9.17) is 5.73 Å². The second kappa shape index (κ2) is 9.00. The molecule has 1 saturated heterocycles. The van der Waals surface area contributed by atoms with E-state index >= 15 is 0 Å². The van der Waals surface area contributed by atoms with Crippen molar-refractivity contribution in [2.45, 2.75) is 38.3 Å². The highest BCUT2D eigenvalue weighted by Crippen LogP contribution is 2.33. The lowest BCUT2D eigenvalue weighted by molar-refractivity contribution is -0.141. The second-order valence-corrected chi connectivity index (χ2v) is 7.34. The summed E-state index contributed by atoms with van der Waals surface area (Å²) in [5.74, 6) is 0.477. The summed E-state index contributed by atoms with van der Waals surface area (Å²) >= 11 is 0. The monoisotopic (exact) mass is 367 g/mol. The van der Waals surface area contributed by atoms with Crippen LogP contribution in [-0.4, -0.2) is 35.8 Å². The van der Waals surface area contributed by atoms with E-state index in [2.05, 4.69) is 29.6 Å². The molecular weight excluding hydrogens is 338 g/mol. The number of carbonyl (C=O) groups is 2. The molecule has 2 aliphatic rings. The Hall–Kier alpha value is -2.40. The third-order valence-electron chi connectivity index (χ3n) is 5.54. The molecule has 2 amide bonds. The van der Waals surface area contributed by atoms with Crippen molar-refractivity contribution in [3.63, 3.8) is 0 Å². The van der Waals surface area contributed by atoms with Gasteiger partial charge in [-0.05, 0) is 43.6 Å². The highest BCUT2D eigenvalue weighted by atomic mass is 16.2. The van der Waals surface area contributed by atoms with Crippen molar-refractivity contribution < 1.29 is 9.59 Å². The second-order valence-electron chi connectivity index (χ2n) is 7.34. The van der Waals surface area contributed by atoms with Gasteiger partial charge in [0.2, 0.25) is 11.8 Å². The van der Waals surface area contributed by atoms with Gasteiger partial charge in [-0.1, -0.05) is 54.6 Å². The smallest absolute Gasteiger partial charge is 0.247 e. The number of nitrogens with zero attached hydrogens (tertiary/aromatic N) is 1. The number of hydrogen-bond acceptors (Lipinski definition) is 3. The van der Waals surface area contributed by atoms with Gasteiger partial charge in [-0.3, -0.25) is 9.59 Å². The number of hydrogen-bond donors (Lipinski definition) is 2. The molecule has 0 radical (unpaired) electrons. The molecule has 1 aliphatic heterocycles. The van der Waals surface area contributed by atoms with Crippen LogP contribution in [0.3, 0.4) is 0 Å². The van der Waals surface area contributed by atoms with Crippen LogP contribution in [0, 0.1) is 11.8 Å². The molecule has 1 heterocycles. The van der Waals surface area contributed by atoms with Gasteiger partial charge in [-0.2, -0.15) is 0 Å². The quantitative estimate of drug-likeness (QED) is 0.840. The molecule has 3 N–H and O–H groups in total. The Kier molecular flexibility index (Phi) is 6.45. The third-order valence-corrected chi connectivity index (χ3v) is 5.54. The number of rotatable bonds is 5. The fraction of sp³-hybridized carbons (Fsp3) is 0.455. The van der Waals surface area contributed by atoms with Crippen LogP contribution in [0.15, 0.2) is 54.6 Å². The molecule has 1 aromatic carbocycles. The number of nitrogens with two attached hydrogens (primary N) is 1. The van der Waals surface area contributed by atoms with Gasteiger partial charge in [-0.15, -0.1) is 0 Å². The average molecular weight is 367 g/mol. The van der Waals surface area contributed by atoms with Gasteiger partial charge in [0, 0.05) is 13.1 Å². The molecule has 5 heteroatoms. The number of carbonyl (C=O) groups excluding carboxylic acids is 2. The first-order valence-electron chi connectivity index (χ1n) is 9.83. The van der Waals surface area contributed by atoms with Gasteiger partial charge >= 0.3 is 0 Å². The van der Waals surface area contributed by atoms with E-state index in [-0.39, 0.29) is 11.8 Å². The van der Waals surface area contributed by atoms with E-state index in [1.807, 2.05) is 37.3 Å². The van der Waals surface area contributed by atoms with E-state index in [1.54, 1.807) is 4.90 Å². The largest absolute Gasteiger partial charge is 0.354 e. The summed E-state index contributed by atoms with van der Waals surface area (Å²) in [6.07, 6.45) is 11.0. The normalized spacial score (nSPS) is 26.5. The van der Waals surface area contributed by atoms with Crippen molar-refractivity contribution >= 4 is 11.8 Å². The lowest BCUT2D eigenvalue weighted by atomic mass is 9.81. The molecule has 1 aliphatic carbocycles. The van der Waals surface area contributed by atoms with Crippen molar-refractivity contribution in [3.8, 4) is 0 Å². The van der Waals surface area contributed by atoms with Crippen LogP contribution in [0.5, 0.6) is 0 Å². The van der Waals surface area contributed by atoms with Crippen LogP contribution in [-0.2, 0) is 9.59 Å². The van der Waals surface area contributed by atoms with Gasteiger partial charge in [0.1, 0.15) is 6.04 Å². The molecule has 0 saturated carbocycles. The minimum absolute atomic E-state index is 0.132. The maximum Gasteiger partial charge on any atom is 0.247 e. The first-order chi connectivity index (χ1) is 13.1. The number of likely N-dealkylation sites (N-methyl/N-ethyl adjacent to an activating group) is 1. The van der Waals surface area contributed by atoms with Gasteiger partial charge in [0.15, 0.2) is 0 Å². The molecule has 0 aromatic heterocycles. The fourth-order valence-electron chi connectivity index (χ4n) is 4.15. The van der Waals surface area contributed by atoms with Crippen LogP contribution in [0.25, 0.3) is 0 Å². The molecule has 5 nitrogen and oxygen atoms in total. The molecule has 27 heavy (non-hydrogen) atoms. The van der Waals surface area contributed by atoms with E-state index in [0.29, 0.717) is 31.3 Å². The summed E-state index contributed by atoms with van der Waals surface area (Å²) < 4.78 is 0.